The van der Waals surface area contributed by atoms with Crippen LogP contribution in [0.25, 0.3) is 78.7 Å². The molecule has 62 heavy (non-hydrogen) atoms. The number of fused-ring (bicyclic) bond motifs is 9. The van der Waals surface area contributed by atoms with Gasteiger partial charge < -0.3 is 4.74 Å². The summed E-state index contributed by atoms with van der Waals surface area (Å²) in [6.45, 7) is 0. The number of aromatic nitrogens is 3. The van der Waals surface area contributed by atoms with Crippen LogP contribution in [0.15, 0.2) is 224 Å². The van der Waals surface area contributed by atoms with Crippen LogP contribution >= 0.6 is 0 Å². The molecular formula is C58H37N3O. The van der Waals surface area contributed by atoms with Crippen LogP contribution in [0, 0.1) is 0 Å². The Morgan fingerprint density at radius 1 is 0.258 bits per heavy atom. The highest BCUT2D eigenvalue weighted by Crippen LogP contribution is 2.62. The van der Waals surface area contributed by atoms with Gasteiger partial charge in [0.2, 0.25) is 0 Å². The van der Waals surface area contributed by atoms with Crippen LogP contribution in [-0.2, 0) is 5.41 Å². The van der Waals surface area contributed by atoms with E-state index >= 15 is 0 Å². The van der Waals surface area contributed by atoms with Gasteiger partial charge >= 0.3 is 0 Å². The molecule has 9 aromatic carbocycles. The van der Waals surface area contributed by atoms with E-state index < -0.39 is 5.41 Å². The third-order valence-corrected chi connectivity index (χ3v) is 12.4. The first-order chi connectivity index (χ1) is 30.7. The Kier molecular flexibility index (Phi) is 8.36. The first-order valence-electron chi connectivity index (χ1n) is 21.0. The number of rotatable bonds is 6. The topological polar surface area (TPSA) is 47.9 Å². The summed E-state index contributed by atoms with van der Waals surface area (Å²) in [7, 11) is 0. The average Bonchev–Trinajstić information content (AvgIpc) is 3.64. The van der Waals surface area contributed by atoms with Crippen molar-refractivity contribution in [2.75, 3.05) is 0 Å². The van der Waals surface area contributed by atoms with Crippen LogP contribution < -0.4 is 4.74 Å². The summed E-state index contributed by atoms with van der Waals surface area (Å²) in [5.74, 6) is 3.70. The van der Waals surface area contributed by atoms with E-state index in [2.05, 4.69) is 188 Å². The SMILES string of the molecule is c1ccc(-c2ccc(-c3nc(-c4ccccc4)nc(-c4ccc(-c5cccc(-c6ccc7c(c6)C6(c8ccccc8Oc8ccccc86)c6ccccc6-7)c5)cc4)n3)cc2)cc1. The average molecular weight is 792 g/mol. The molecule has 290 valence electrons. The third kappa shape index (κ3) is 5.80. The van der Waals surface area contributed by atoms with E-state index in [0.717, 1.165) is 61.6 Å². The molecule has 2 aliphatic rings. The minimum absolute atomic E-state index is 0.512. The van der Waals surface area contributed by atoms with Gasteiger partial charge in [-0.2, -0.15) is 0 Å². The molecule has 1 aromatic heterocycles. The van der Waals surface area contributed by atoms with Gasteiger partial charge in [-0.05, 0) is 79.9 Å². The van der Waals surface area contributed by atoms with Gasteiger partial charge in [-0.15, -0.1) is 0 Å². The van der Waals surface area contributed by atoms with E-state index in [-0.39, 0.29) is 0 Å². The second-order valence-corrected chi connectivity index (χ2v) is 15.9. The van der Waals surface area contributed by atoms with E-state index in [1.807, 2.05) is 36.4 Å². The van der Waals surface area contributed by atoms with Gasteiger partial charge in [-0.1, -0.05) is 200 Å². The second kappa shape index (κ2) is 14.5. The van der Waals surface area contributed by atoms with Crippen LogP contribution in [0.5, 0.6) is 11.5 Å². The molecular weight excluding hydrogens is 755 g/mol. The Labute approximate surface area is 360 Å². The zero-order valence-electron chi connectivity index (χ0n) is 33.6. The molecule has 4 nitrogen and oxygen atoms in total. The fourth-order valence-electron chi connectivity index (χ4n) is 9.52. The predicted octanol–water partition coefficient (Wildman–Crippen LogP) is 14.3. The molecule has 0 unspecified atom stereocenters. The Morgan fingerprint density at radius 2 is 0.629 bits per heavy atom. The summed E-state index contributed by atoms with van der Waals surface area (Å²) < 4.78 is 6.57. The molecule has 1 spiro atoms. The number of hydrogen-bond acceptors (Lipinski definition) is 4. The summed E-state index contributed by atoms with van der Waals surface area (Å²) in [5.41, 5.74) is 16.6. The van der Waals surface area contributed by atoms with Gasteiger partial charge in [0, 0.05) is 27.8 Å². The molecule has 1 aliphatic heterocycles. The number of para-hydroxylation sites is 2. The summed E-state index contributed by atoms with van der Waals surface area (Å²) in [6.07, 6.45) is 0. The highest BCUT2D eigenvalue weighted by molar-refractivity contribution is 5.90. The summed E-state index contributed by atoms with van der Waals surface area (Å²) in [5, 5.41) is 0. The molecule has 10 aromatic rings. The van der Waals surface area contributed by atoms with Crippen molar-refractivity contribution in [1.29, 1.82) is 0 Å². The molecule has 0 N–H and O–H groups in total. The normalized spacial score (nSPS) is 12.8. The summed E-state index contributed by atoms with van der Waals surface area (Å²) in [4.78, 5) is 15.0. The first-order valence-corrected chi connectivity index (χ1v) is 21.0. The zero-order valence-corrected chi connectivity index (χ0v) is 33.6. The molecule has 12 rings (SSSR count). The van der Waals surface area contributed by atoms with Crippen molar-refractivity contribution in [3.8, 4) is 90.2 Å². The van der Waals surface area contributed by atoms with Gasteiger partial charge in [0.25, 0.3) is 0 Å². The predicted molar refractivity (Wildman–Crippen MR) is 250 cm³/mol. The van der Waals surface area contributed by atoms with E-state index in [4.69, 9.17) is 19.7 Å². The molecule has 0 saturated heterocycles. The van der Waals surface area contributed by atoms with Gasteiger partial charge in [-0.3, -0.25) is 0 Å². The highest BCUT2D eigenvalue weighted by atomic mass is 16.5. The molecule has 0 radical (unpaired) electrons. The zero-order chi connectivity index (χ0) is 41.0. The van der Waals surface area contributed by atoms with Crippen LogP contribution in [-0.4, -0.2) is 15.0 Å². The lowest BCUT2D eigenvalue weighted by Crippen LogP contribution is -2.32. The minimum Gasteiger partial charge on any atom is -0.457 e. The van der Waals surface area contributed by atoms with Crippen molar-refractivity contribution in [3.05, 3.63) is 247 Å². The summed E-state index contributed by atoms with van der Waals surface area (Å²) in [6, 6.07) is 79.2. The first kappa shape index (κ1) is 35.7. The number of benzene rings is 9. The number of hydrogen-bond donors (Lipinski definition) is 0. The lowest BCUT2D eigenvalue weighted by atomic mass is 9.66. The van der Waals surface area contributed by atoms with Gasteiger partial charge in [0.05, 0.1) is 5.41 Å². The Morgan fingerprint density at radius 3 is 1.23 bits per heavy atom. The van der Waals surface area contributed by atoms with Gasteiger partial charge in [0.15, 0.2) is 17.5 Å². The Bertz CT molecular complexity index is 3260. The quantitative estimate of drug-likeness (QED) is 0.168. The van der Waals surface area contributed by atoms with Gasteiger partial charge in [0.1, 0.15) is 11.5 Å². The maximum absolute atomic E-state index is 6.57. The molecule has 1 aliphatic carbocycles. The van der Waals surface area contributed by atoms with E-state index in [9.17, 15) is 0 Å². The molecule has 0 atom stereocenters. The largest absolute Gasteiger partial charge is 0.457 e. The van der Waals surface area contributed by atoms with Crippen LogP contribution in [0.2, 0.25) is 0 Å². The third-order valence-electron chi connectivity index (χ3n) is 12.4. The minimum atomic E-state index is -0.512. The molecule has 0 saturated carbocycles. The highest BCUT2D eigenvalue weighted by Gasteiger charge is 2.51. The van der Waals surface area contributed by atoms with E-state index in [0.29, 0.717) is 17.5 Å². The fraction of sp³-hybridized carbons (Fsp3) is 0.0172. The fourth-order valence-corrected chi connectivity index (χ4v) is 9.52. The summed E-state index contributed by atoms with van der Waals surface area (Å²) >= 11 is 0. The lowest BCUT2D eigenvalue weighted by Gasteiger charge is -2.39. The van der Waals surface area contributed by atoms with Crippen LogP contribution in [0.1, 0.15) is 22.3 Å². The molecule has 4 heteroatoms. The van der Waals surface area contributed by atoms with Gasteiger partial charge in [-0.25, -0.2) is 15.0 Å². The standard InChI is InChI=1S/C58H37N3O/c1-3-14-38(15-4-1)39-26-30-42(31-27-39)56-59-55(41-16-5-2-6-17-41)60-57(61-56)43-32-28-40(29-33-43)44-18-13-19-45(36-44)46-34-35-48-47-20-7-8-21-49(47)58(52(48)37-46)50-22-9-11-24-53(50)62-54-25-12-10-23-51(54)58/h1-37H. The monoisotopic (exact) mass is 791 g/mol. The van der Waals surface area contributed by atoms with E-state index in [1.165, 1.54) is 33.4 Å². The van der Waals surface area contributed by atoms with Crippen molar-refractivity contribution in [3.63, 3.8) is 0 Å². The van der Waals surface area contributed by atoms with Crippen molar-refractivity contribution < 1.29 is 4.74 Å². The van der Waals surface area contributed by atoms with Crippen molar-refractivity contribution in [2.45, 2.75) is 5.41 Å². The number of ether oxygens (including phenoxy) is 1. The smallest absolute Gasteiger partial charge is 0.164 e. The molecule has 0 amide bonds. The van der Waals surface area contributed by atoms with Crippen LogP contribution in [0.3, 0.4) is 0 Å². The Balaban J connectivity index is 0.912. The molecule has 0 bridgehead atoms. The van der Waals surface area contributed by atoms with Crippen molar-refractivity contribution in [2.24, 2.45) is 0 Å². The molecule has 2 heterocycles. The van der Waals surface area contributed by atoms with Crippen LogP contribution in [0.4, 0.5) is 0 Å². The lowest BCUT2D eigenvalue weighted by molar-refractivity contribution is 0.436. The maximum atomic E-state index is 6.57. The molecule has 0 fully saturated rings. The number of nitrogens with zero attached hydrogens (tertiary/aromatic N) is 3. The Hall–Kier alpha value is -8.21. The van der Waals surface area contributed by atoms with E-state index in [1.54, 1.807) is 0 Å². The maximum Gasteiger partial charge on any atom is 0.164 e. The van der Waals surface area contributed by atoms with Crippen molar-refractivity contribution >= 4 is 0 Å². The second-order valence-electron chi connectivity index (χ2n) is 15.9. The van der Waals surface area contributed by atoms with Crippen molar-refractivity contribution in [1.82, 2.24) is 15.0 Å².